The van der Waals surface area contributed by atoms with Gasteiger partial charge in [-0.3, -0.25) is 28.8 Å². The standard InChI is InChI=1S/C15H14N6O5/c1-18-13-12(14(23)19(2)15(18)24)20(8-16-13)7-11(22)17-9-3-5-10(6-4-9)21(25)26/h3-6,8H,7H2,1-2H3,(H,17,22). The SMILES string of the molecule is Cn1c(=O)c2c(ncn2CC(=O)Nc2ccc([N+](=O)[O-])cc2)n(C)c1=O. The Kier molecular flexibility index (Phi) is 4.12. The molecule has 0 aliphatic carbocycles. The molecular formula is C15H14N6O5. The molecule has 0 saturated heterocycles. The van der Waals surface area contributed by atoms with E-state index >= 15 is 0 Å². The number of fused-ring (bicyclic) bond motifs is 1. The number of non-ortho nitro benzene ring substituents is 1. The van der Waals surface area contributed by atoms with Gasteiger partial charge in [-0.2, -0.15) is 0 Å². The third-order valence-corrected chi connectivity index (χ3v) is 3.89. The lowest BCUT2D eigenvalue weighted by Crippen LogP contribution is -2.37. The Morgan fingerprint density at radius 1 is 1.19 bits per heavy atom. The summed E-state index contributed by atoms with van der Waals surface area (Å²) in [7, 11) is 2.83. The van der Waals surface area contributed by atoms with Crippen molar-refractivity contribution in [3.63, 3.8) is 0 Å². The second-order valence-corrected chi connectivity index (χ2v) is 5.60. The molecule has 1 N–H and O–H groups in total. The molecule has 0 bridgehead atoms. The zero-order chi connectivity index (χ0) is 19.0. The number of aromatic nitrogens is 4. The first-order chi connectivity index (χ1) is 12.3. The monoisotopic (exact) mass is 358 g/mol. The first-order valence-electron chi connectivity index (χ1n) is 7.44. The van der Waals surface area contributed by atoms with Gasteiger partial charge in [-0.15, -0.1) is 0 Å². The van der Waals surface area contributed by atoms with E-state index in [0.29, 0.717) is 5.69 Å². The normalized spacial score (nSPS) is 10.8. The fourth-order valence-corrected chi connectivity index (χ4v) is 2.54. The maximum absolute atomic E-state index is 12.3. The van der Waals surface area contributed by atoms with Gasteiger partial charge in [0, 0.05) is 31.9 Å². The van der Waals surface area contributed by atoms with Crippen molar-refractivity contribution in [2.75, 3.05) is 5.32 Å². The van der Waals surface area contributed by atoms with E-state index in [4.69, 9.17) is 0 Å². The third-order valence-electron chi connectivity index (χ3n) is 3.89. The summed E-state index contributed by atoms with van der Waals surface area (Å²) in [5.74, 6) is -0.450. The Labute approximate surface area is 145 Å². The van der Waals surface area contributed by atoms with Crippen molar-refractivity contribution in [2.24, 2.45) is 14.1 Å². The van der Waals surface area contributed by atoms with E-state index in [1.54, 1.807) is 0 Å². The molecule has 0 atom stereocenters. The van der Waals surface area contributed by atoms with Crippen LogP contribution in [0, 0.1) is 10.1 Å². The van der Waals surface area contributed by atoms with Crippen molar-refractivity contribution in [1.82, 2.24) is 18.7 Å². The number of carbonyl (C=O) groups is 1. The van der Waals surface area contributed by atoms with Crippen LogP contribution in [-0.4, -0.2) is 29.5 Å². The van der Waals surface area contributed by atoms with Crippen LogP contribution in [-0.2, 0) is 25.4 Å². The molecule has 0 aliphatic heterocycles. The number of nitrogens with one attached hydrogen (secondary N) is 1. The Hall–Kier alpha value is -3.76. The summed E-state index contributed by atoms with van der Waals surface area (Å²) in [6.07, 6.45) is 1.31. The Morgan fingerprint density at radius 2 is 1.85 bits per heavy atom. The number of hydrogen-bond donors (Lipinski definition) is 1. The summed E-state index contributed by atoms with van der Waals surface area (Å²) in [6, 6.07) is 5.36. The molecule has 134 valence electrons. The van der Waals surface area contributed by atoms with Crippen molar-refractivity contribution in [1.29, 1.82) is 0 Å². The number of anilines is 1. The molecule has 2 aromatic heterocycles. The molecule has 0 radical (unpaired) electrons. The Bertz CT molecular complexity index is 1140. The number of carbonyl (C=O) groups excluding carboxylic acids is 1. The second-order valence-electron chi connectivity index (χ2n) is 5.60. The van der Waals surface area contributed by atoms with Crippen LogP contribution >= 0.6 is 0 Å². The quantitative estimate of drug-likeness (QED) is 0.514. The minimum absolute atomic E-state index is 0.0898. The van der Waals surface area contributed by atoms with Gasteiger partial charge in [-0.1, -0.05) is 0 Å². The number of amides is 1. The minimum Gasteiger partial charge on any atom is -0.325 e. The van der Waals surface area contributed by atoms with E-state index in [9.17, 15) is 24.5 Å². The number of hydrogen-bond acceptors (Lipinski definition) is 6. The molecule has 1 aromatic carbocycles. The molecule has 0 aliphatic rings. The van der Waals surface area contributed by atoms with Crippen LogP contribution in [0.3, 0.4) is 0 Å². The average molecular weight is 358 g/mol. The van der Waals surface area contributed by atoms with E-state index in [1.807, 2.05) is 0 Å². The highest BCUT2D eigenvalue weighted by Crippen LogP contribution is 2.15. The van der Waals surface area contributed by atoms with Gasteiger partial charge in [-0.25, -0.2) is 9.78 Å². The highest BCUT2D eigenvalue weighted by molar-refractivity contribution is 5.91. The number of nitro groups is 1. The van der Waals surface area contributed by atoms with Crippen LogP contribution in [0.25, 0.3) is 11.2 Å². The predicted molar refractivity (Wildman–Crippen MR) is 91.9 cm³/mol. The zero-order valence-corrected chi connectivity index (χ0v) is 13.9. The number of benzene rings is 1. The van der Waals surface area contributed by atoms with Crippen molar-refractivity contribution in [3.05, 3.63) is 61.5 Å². The summed E-state index contributed by atoms with van der Waals surface area (Å²) < 4.78 is 3.51. The highest BCUT2D eigenvalue weighted by atomic mass is 16.6. The van der Waals surface area contributed by atoms with Crippen LogP contribution in [0.5, 0.6) is 0 Å². The van der Waals surface area contributed by atoms with Crippen molar-refractivity contribution >= 4 is 28.4 Å². The molecule has 26 heavy (non-hydrogen) atoms. The third kappa shape index (κ3) is 2.85. The van der Waals surface area contributed by atoms with Crippen LogP contribution in [0.4, 0.5) is 11.4 Å². The Balaban J connectivity index is 1.87. The number of imidazole rings is 1. The number of rotatable bonds is 4. The predicted octanol–water partition coefficient (Wildman–Crippen LogP) is -0.0194. The van der Waals surface area contributed by atoms with Crippen LogP contribution in [0.15, 0.2) is 40.2 Å². The van der Waals surface area contributed by atoms with Crippen LogP contribution < -0.4 is 16.6 Å². The molecule has 3 rings (SSSR count). The van der Waals surface area contributed by atoms with Gasteiger partial charge in [-0.05, 0) is 12.1 Å². The number of nitro benzene ring substituents is 1. The molecule has 0 saturated carbocycles. The molecular weight excluding hydrogens is 344 g/mol. The molecule has 11 nitrogen and oxygen atoms in total. The zero-order valence-electron chi connectivity index (χ0n) is 13.9. The summed E-state index contributed by atoms with van der Waals surface area (Å²) in [4.78, 5) is 50.6. The fraction of sp³-hybridized carbons (Fsp3) is 0.200. The lowest BCUT2D eigenvalue weighted by molar-refractivity contribution is -0.384. The molecule has 11 heteroatoms. The molecule has 1 amide bonds. The van der Waals surface area contributed by atoms with Gasteiger partial charge in [0.2, 0.25) is 5.91 Å². The van der Waals surface area contributed by atoms with Crippen molar-refractivity contribution < 1.29 is 9.72 Å². The van der Waals surface area contributed by atoms with Crippen LogP contribution in [0.2, 0.25) is 0 Å². The maximum Gasteiger partial charge on any atom is 0.332 e. The summed E-state index contributed by atoms with van der Waals surface area (Å²) in [5.41, 5.74) is -0.458. The minimum atomic E-state index is -0.552. The van der Waals surface area contributed by atoms with Gasteiger partial charge in [0.25, 0.3) is 11.2 Å². The van der Waals surface area contributed by atoms with Crippen molar-refractivity contribution in [2.45, 2.75) is 6.54 Å². The second kappa shape index (κ2) is 6.27. The van der Waals surface area contributed by atoms with E-state index in [-0.39, 0.29) is 23.4 Å². The van der Waals surface area contributed by atoms with Gasteiger partial charge >= 0.3 is 5.69 Å². The summed E-state index contributed by atoms with van der Waals surface area (Å²) in [6.45, 7) is -0.207. The lowest BCUT2D eigenvalue weighted by Gasteiger charge is -2.08. The van der Waals surface area contributed by atoms with Gasteiger partial charge in [0.1, 0.15) is 6.54 Å². The first kappa shape index (κ1) is 17.1. The summed E-state index contributed by atoms with van der Waals surface area (Å²) in [5, 5.41) is 13.2. The first-order valence-corrected chi connectivity index (χ1v) is 7.44. The van der Waals surface area contributed by atoms with Gasteiger partial charge in [0.05, 0.1) is 11.3 Å². The maximum atomic E-state index is 12.3. The lowest BCUT2D eigenvalue weighted by atomic mass is 10.3. The Morgan fingerprint density at radius 3 is 2.46 bits per heavy atom. The largest absolute Gasteiger partial charge is 0.332 e. The van der Waals surface area contributed by atoms with Gasteiger partial charge in [0.15, 0.2) is 11.2 Å². The number of nitrogens with zero attached hydrogens (tertiary/aromatic N) is 5. The van der Waals surface area contributed by atoms with E-state index in [0.717, 1.165) is 4.57 Å². The van der Waals surface area contributed by atoms with E-state index < -0.39 is 22.1 Å². The van der Waals surface area contributed by atoms with E-state index in [2.05, 4.69) is 10.3 Å². The number of aryl methyl sites for hydroxylation is 1. The molecule has 0 fully saturated rings. The van der Waals surface area contributed by atoms with Gasteiger partial charge < -0.3 is 9.88 Å². The van der Waals surface area contributed by atoms with Crippen LogP contribution in [0.1, 0.15) is 0 Å². The fourth-order valence-electron chi connectivity index (χ4n) is 2.54. The van der Waals surface area contributed by atoms with E-state index in [1.165, 1.54) is 53.8 Å². The average Bonchev–Trinajstić information content (AvgIpc) is 3.02. The molecule has 0 unspecified atom stereocenters. The van der Waals surface area contributed by atoms with Crippen molar-refractivity contribution in [3.8, 4) is 0 Å². The molecule has 0 spiro atoms. The highest BCUT2D eigenvalue weighted by Gasteiger charge is 2.16. The summed E-state index contributed by atoms with van der Waals surface area (Å²) >= 11 is 0. The topological polar surface area (TPSA) is 134 Å². The molecule has 3 aromatic rings. The molecule has 2 heterocycles. The smallest absolute Gasteiger partial charge is 0.325 e.